The predicted octanol–water partition coefficient (Wildman–Crippen LogP) is 2.85. The van der Waals surface area contributed by atoms with Crippen LogP contribution in [0.3, 0.4) is 0 Å². The van der Waals surface area contributed by atoms with E-state index in [9.17, 15) is 14.7 Å². The molecule has 4 heteroatoms. The molecule has 0 bridgehead atoms. The van der Waals surface area contributed by atoms with Crippen molar-refractivity contribution in [2.24, 2.45) is 11.3 Å². The summed E-state index contributed by atoms with van der Waals surface area (Å²) < 4.78 is 0. The lowest BCUT2D eigenvalue weighted by atomic mass is 9.68. The number of hydrogen-bond donors (Lipinski definition) is 1. The van der Waals surface area contributed by atoms with Crippen molar-refractivity contribution in [3.63, 3.8) is 0 Å². The zero-order valence-corrected chi connectivity index (χ0v) is 12.3. The first-order valence-corrected chi connectivity index (χ1v) is 7.64. The summed E-state index contributed by atoms with van der Waals surface area (Å²) in [5, 5.41) is 10.0. The number of carbonyl (C=O) groups is 2. The number of carboxylic acid groups (broad SMARTS) is 1. The van der Waals surface area contributed by atoms with Crippen LogP contribution in [0.1, 0.15) is 43.7 Å². The number of hydrogen-bond acceptors (Lipinski definition) is 2. The molecule has 1 N–H and O–H groups in total. The third-order valence-corrected chi connectivity index (χ3v) is 5.24. The molecule has 1 aromatic rings. The molecule has 4 nitrogen and oxygen atoms in total. The predicted molar refractivity (Wildman–Crippen MR) is 78.6 cm³/mol. The van der Waals surface area contributed by atoms with Crippen molar-refractivity contribution in [1.82, 2.24) is 4.90 Å². The molecule has 3 unspecified atom stereocenters. The van der Waals surface area contributed by atoms with Crippen molar-refractivity contribution in [3.05, 3.63) is 35.9 Å². The average molecular weight is 287 g/mol. The van der Waals surface area contributed by atoms with Gasteiger partial charge in [0.25, 0.3) is 0 Å². The van der Waals surface area contributed by atoms with Crippen molar-refractivity contribution in [3.8, 4) is 0 Å². The Labute approximate surface area is 124 Å². The molecule has 1 saturated carbocycles. The highest BCUT2D eigenvalue weighted by atomic mass is 16.4. The van der Waals surface area contributed by atoms with Crippen molar-refractivity contribution in [1.29, 1.82) is 0 Å². The van der Waals surface area contributed by atoms with E-state index < -0.39 is 11.4 Å². The molecule has 2 fully saturated rings. The topological polar surface area (TPSA) is 57.6 Å². The van der Waals surface area contributed by atoms with E-state index in [0.29, 0.717) is 12.8 Å². The molecule has 1 saturated heterocycles. The molecule has 0 radical (unpaired) electrons. The minimum atomic E-state index is -0.969. The van der Waals surface area contributed by atoms with Crippen molar-refractivity contribution < 1.29 is 14.7 Å². The van der Waals surface area contributed by atoms with Crippen molar-refractivity contribution in [2.75, 3.05) is 7.05 Å². The molecule has 112 valence electrons. The van der Waals surface area contributed by atoms with Crippen LogP contribution in [0.2, 0.25) is 0 Å². The fraction of sp³-hybridized carbons (Fsp3) is 0.529. The maximum atomic E-state index is 12.6. The molecular formula is C17H21NO3. The van der Waals surface area contributed by atoms with E-state index in [1.165, 1.54) is 0 Å². The van der Waals surface area contributed by atoms with Gasteiger partial charge in [0.2, 0.25) is 5.91 Å². The zero-order valence-electron chi connectivity index (χ0n) is 12.3. The Morgan fingerprint density at radius 2 is 1.95 bits per heavy atom. The number of carboxylic acids is 1. The van der Waals surface area contributed by atoms with Crippen LogP contribution in [0.4, 0.5) is 0 Å². The summed E-state index contributed by atoms with van der Waals surface area (Å²) in [5.41, 5.74) is -0.0379. The monoisotopic (exact) mass is 287 g/mol. The largest absolute Gasteiger partial charge is 0.481 e. The number of carbonyl (C=O) groups excluding carboxylic acids is 1. The van der Waals surface area contributed by atoms with Crippen LogP contribution in [0.5, 0.6) is 0 Å². The molecule has 2 aliphatic rings. The van der Waals surface area contributed by atoms with Gasteiger partial charge in [-0.3, -0.25) is 9.59 Å². The Kier molecular flexibility index (Phi) is 3.47. The number of aliphatic carboxylic acids is 1. The third kappa shape index (κ3) is 1.96. The van der Waals surface area contributed by atoms with Crippen LogP contribution in [0.25, 0.3) is 0 Å². The van der Waals surface area contributed by atoms with Crippen LogP contribution in [-0.4, -0.2) is 28.9 Å². The molecular weight excluding hydrogens is 266 g/mol. The Morgan fingerprint density at radius 3 is 2.62 bits per heavy atom. The van der Waals surface area contributed by atoms with Gasteiger partial charge in [0.15, 0.2) is 0 Å². The lowest BCUT2D eigenvalue weighted by molar-refractivity contribution is -0.154. The van der Waals surface area contributed by atoms with Crippen LogP contribution in [0, 0.1) is 11.3 Å². The first-order chi connectivity index (χ1) is 10.1. The molecule has 3 atom stereocenters. The van der Waals surface area contributed by atoms with Crippen LogP contribution < -0.4 is 0 Å². The van der Waals surface area contributed by atoms with Gasteiger partial charge in [0, 0.05) is 7.05 Å². The van der Waals surface area contributed by atoms with E-state index in [4.69, 9.17) is 0 Å². The molecule has 0 spiro atoms. The van der Waals surface area contributed by atoms with Gasteiger partial charge < -0.3 is 10.0 Å². The molecule has 1 heterocycles. The van der Waals surface area contributed by atoms with Crippen LogP contribution in [0.15, 0.2) is 30.3 Å². The van der Waals surface area contributed by atoms with E-state index in [-0.39, 0.29) is 17.9 Å². The van der Waals surface area contributed by atoms with E-state index in [0.717, 1.165) is 24.8 Å². The van der Waals surface area contributed by atoms with Crippen molar-refractivity contribution in [2.45, 2.75) is 38.1 Å². The number of benzene rings is 1. The Morgan fingerprint density at radius 1 is 1.24 bits per heavy atom. The first-order valence-electron chi connectivity index (χ1n) is 7.64. The van der Waals surface area contributed by atoms with Gasteiger partial charge >= 0.3 is 5.97 Å². The maximum Gasteiger partial charge on any atom is 0.312 e. The number of nitrogens with zero attached hydrogens (tertiary/aromatic N) is 1. The number of likely N-dealkylation sites (tertiary alicyclic amines) is 1. The molecule has 3 rings (SSSR count). The third-order valence-electron chi connectivity index (χ3n) is 5.24. The van der Waals surface area contributed by atoms with Gasteiger partial charge in [0.1, 0.15) is 5.41 Å². The summed E-state index contributed by atoms with van der Waals surface area (Å²) in [5.74, 6) is -1.21. The fourth-order valence-corrected chi connectivity index (χ4v) is 4.29. The number of fused-ring (bicyclic) bond motifs is 1. The smallest absolute Gasteiger partial charge is 0.312 e. The van der Waals surface area contributed by atoms with Crippen molar-refractivity contribution >= 4 is 11.9 Å². The molecule has 1 aliphatic heterocycles. The summed E-state index contributed by atoms with van der Waals surface area (Å²) in [6.07, 6.45) is 4.12. The summed E-state index contributed by atoms with van der Waals surface area (Å²) in [7, 11) is 1.75. The molecule has 1 aliphatic carbocycles. The maximum absolute atomic E-state index is 12.6. The minimum Gasteiger partial charge on any atom is -0.481 e. The SMILES string of the molecule is CN1C(=O)C2CCCCCC2(C(=O)O)C1c1ccccc1. The van der Waals surface area contributed by atoms with Crippen LogP contribution in [-0.2, 0) is 9.59 Å². The highest BCUT2D eigenvalue weighted by molar-refractivity contribution is 5.92. The summed E-state index contributed by atoms with van der Waals surface area (Å²) >= 11 is 0. The second-order valence-electron chi connectivity index (χ2n) is 6.26. The van der Waals surface area contributed by atoms with E-state index in [2.05, 4.69) is 0 Å². The Balaban J connectivity index is 2.15. The van der Waals surface area contributed by atoms with Gasteiger partial charge in [0.05, 0.1) is 12.0 Å². The van der Waals surface area contributed by atoms with Gasteiger partial charge in [-0.2, -0.15) is 0 Å². The highest BCUT2D eigenvalue weighted by Crippen LogP contribution is 2.56. The Bertz CT molecular complexity index is 556. The van der Waals surface area contributed by atoms with E-state index in [1.54, 1.807) is 11.9 Å². The molecule has 0 aromatic heterocycles. The molecule has 1 amide bonds. The fourth-order valence-electron chi connectivity index (χ4n) is 4.29. The van der Waals surface area contributed by atoms with Crippen LogP contribution >= 0.6 is 0 Å². The molecule has 1 aromatic carbocycles. The minimum absolute atomic E-state index is 0.00634. The summed E-state index contributed by atoms with van der Waals surface area (Å²) in [6, 6.07) is 9.25. The number of amides is 1. The molecule has 21 heavy (non-hydrogen) atoms. The summed E-state index contributed by atoms with van der Waals surface area (Å²) in [6.45, 7) is 0. The van der Waals surface area contributed by atoms with Gasteiger partial charge in [-0.15, -0.1) is 0 Å². The second-order valence-corrected chi connectivity index (χ2v) is 6.26. The lowest BCUT2D eigenvalue weighted by Crippen LogP contribution is -2.40. The normalized spacial score (nSPS) is 32.6. The van der Waals surface area contributed by atoms with E-state index >= 15 is 0 Å². The zero-order chi connectivity index (χ0) is 15.0. The quantitative estimate of drug-likeness (QED) is 0.910. The standard InChI is InChI=1S/C17H21NO3/c1-18-14(12-8-4-2-5-9-12)17(16(20)21)11-7-3-6-10-13(17)15(18)19/h2,4-5,8-9,13-14H,3,6-7,10-11H2,1H3,(H,20,21). The van der Waals surface area contributed by atoms with E-state index in [1.807, 2.05) is 30.3 Å². The summed E-state index contributed by atoms with van der Waals surface area (Å²) in [4.78, 5) is 26.5. The van der Waals surface area contributed by atoms with Gasteiger partial charge in [-0.1, -0.05) is 49.6 Å². The van der Waals surface area contributed by atoms with Gasteiger partial charge in [-0.05, 0) is 18.4 Å². The highest BCUT2D eigenvalue weighted by Gasteiger charge is 2.62. The second kappa shape index (κ2) is 5.17. The number of rotatable bonds is 2. The average Bonchev–Trinajstić information content (AvgIpc) is 2.64. The van der Waals surface area contributed by atoms with Gasteiger partial charge in [-0.25, -0.2) is 0 Å². The Hall–Kier alpha value is -1.84. The first kappa shape index (κ1) is 14.1. The lowest BCUT2D eigenvalue weighted by Gasteiger charge is -2.35.